The minimum absolute atomic E-state index is 0. The number of nitrogens with zero attached hydrogens (tertiary/aromatic N) is 2. The van der Waals surface area contributed by atoms with Crippen LogP contribution in [0.15, 0.2) is 104 Å². The molecule has 0 aliphatic carbocycles. The molecule has 1 aromatic heterocycles. The highest BCUT2D eigenvalue weighted by Crippen LogP contribution is 2.43. The van der Waals surface area contributed by atoms with E-state index in [1.165, 1.54) is 0 Å². The van der Waals surface area contributed by atoms with Gasteiger partial charge in [-0.1, -0.05) is 105 Å². The van der Waals surface area contributed by atoms with Gasteiger partial charge in [0.2, 0.25) is 0 Å². The molecule has 0 atom stereocenters. The summed E-state index contributed by atoms with van der Waals surface area (Å²) in [5.74, 6) is 0. The molecule has 3 heteroatoms. The lowest BCUT2D eigenvalue weighted by molar-refractivity contribution is 0.515. The first kappa shape index (κ1) is 20.5. The summed E-state index contributed by atoms with van der Waals surface area (Å²) in [6.45, 7) is 0. The predicted molar refractivity (Wildman–Crippen MR) is 115 cm³/mol. The van der Waals surface area contributed by atoms with E-state index in [9.17, 15) is 0 Å². The third-order valence-corrected chi connectivity index (χ3v) is 4.87. The summed E-state index contributed by atoms with van der Waals surface area (Å²) >= 11 is 6.69. The highest BCUT2D eigenvalue weighted by Gasteiger charge is 2.39. The Morgan fingerprint density at radius 3 is 1.70 bits per heavy atom. The number of rotatable bonds is 4. The SMILES string of the molecule is C.C.Clc1ccccc1C(c1ccccc1)(c1ccccc1)n1ccnc1. The van der Waals surface area contributed by atoms with Crippen molar-refractivity contribution >= 4 is 11.6 Å². The van der Waals surface area contributed by atoms with Crippen molar-refractivity contribution in [1.29, 1.82) is 0 Å². The molecule has 1 heterocycles. The number of benzene rings is 3. The van der Waals surface area contributed by atoms with Crippen LogP contribution in [0.1, 0.15) is 31.5 Å². The Morgan fingerprint density at radius 1 is 0.704 bits per heavy atom. The van der Waals surface area contributed by atoms with E-state index >= 15 is 0 Å². The van der Waals surface area contributed by atoms with Gasteiger partial charge in [0.1, 0.15) is 5.54 Å². The predicted octanol–water partition coefficient (Wildman–Crippen LogP) is 6.65. The number of imidazole rings is 1. The van der Waals surface area contributed by atoms with Crippen LogP contribution in [0.3, 0.4) is 0 Å². The third kappa shape index (κ3) is 3.41. The van der Waals surface area contributed by atoms with Crippen molar-refractivity contribution in [1.82, 2.24) is 9.55 Å². The van der Waals surface area contributed by atoms with E-state index < -0.39 is 5.54 Å². The Bertz CT molecular complexity index is 909. The molecule has 0 fully saturated rings. The largest absolute Gasteiger partial charge is 0.319 e. The average molecular weight is 377 g/mol. The monoisotopic (exact) mass is 376 g/mol. The van der Waals surface area contributed by atoms with Gasteiger partial charge in [-0.2, -0.15) is 0 Å². The fourth-order valence-electron chi connectivity index (χ4n) is 3.49. The van der Waals surface area contributed by atoms with E-state index in [1.54, 1.807) is 6.20 Å². The highest BCUT2D eigenvalue weighted by atomic mass is 35.5. The van der Waals surface area contributed by atoms with Crippen LogP contribution >= 0.6 is 11.6 Å². The third-order valence-electron chi connectivity index (χ3n) is 4.54. The Labute approximate surface area is 167 Å². The van der Waals surface area contributed by atoms with Crippen molar-refractivity contribution in [3.8, 4) is 0 Å². The highest BCUT2D eigenvalue weighted by molar-refractivity contribution is 6.31. The lowest BCUT2D eigenvalue weighted by Gasteiger charge is -2.37. The maximum Gasteiger partial charge on any atom is 0.123 e. The number of hydrogen-bond donors (Lipinski definition) is 0. The summed E-state index contributed by atoms with van der Waals surface area (Å²) in [6, 6.07) is 28.8. The van der Waals surface area contributed by atoms with Gasteiger partial charge in [0.25, 0.3) is 0 Å². The Kier molecular flexibility index (Phi) is 6.59. The van der Waals surface area contributed by atoms with Crippen molar-refractivity contribution in [2.24, 2.45) is 0 Å². The number of halogens is 1. The molecule has 0 spiro atoms. The van der Waals surface area contributed by atoms with E-state index in [2.05, 4.69) is 64.1 Å². The van der Waals surface area contributed by atoms with E-state index in [0.717, 1.165) is 21.7 Å². The van der Waals surface area contributed by atoms with Crippen LogP contribution in [-0.2, 0) is 5.54 Å². The fraction of sp³-hybridized carbons (Fsp3) is 0.125. The van der Waals surface area contributed by atoms with Crippen molar-refractivity contribution in [2.45, 2.75) is 20.4 Å². The molecule has 0 radical (unpaired) electrons. The summed E-state index contributed by atoms with van der Waals surface area (Å²) < 4.78 is 2.12. The molecule has 0 unspecified atom stereocenters. The van der Waals surface area contributed by atoms with E-state index in [4.69, 9.17) is 11.6 Å². The molecule has 27 heavy (non-hydrogen) atoms. The molecule has 4 rings (SSSR count). The Morgan fingerprint density at radius 2 is 1.22 bits per heavy atom. The zero-order valence-electron chi connectivity index (χ0n) is 13.6. The van der Waals surface area contributed by atoms with Crippen molar-refractivity contribution in [2.75, 3.05) is 0 Å². The molecule has 4 aromatic rings. The molecule has 3 aromatic carbocycles. The molecule has 0 amide bonds. The van der Waals surface area contributed by atoms with Gasteiger partial charge in [-0.3, -0.25) is 0 Å². The van der Waals surface area contributed by atoms with Crippen LogP contribution in [0.2, 0.25) is 5.02 Å². The summed E-state index contributed by atoms with van der Waals surface area (Å²) in [6.07, 6.45) is 5.64. The molecular formula is C24H25ClN2. The molecule has 0 bridgehead atoms. The first-order valence-corrected chi connectivity index (χ1v) is 8.56. The second-order valence-corrected chi connectivity index (χ2v) is 6.30. The van der Waals surface area contributed by atoms with Crippen LogP contribution in [0, 0.1) is 0 Å². The normalized spacial score (nSPS) is 10.6. The number of aromatic nitrogens is 2. The quantitative estimate of drug-likeness (QED) is 0.364. The topological polar surface area (TPSA) is 17.8 Å². The molecular weight excluding hydrogens is 352 g/mol. The van der Waals surface area contributed by atoms with Gasteiger partial charge >= 0.3 is 0 Å². The molecule has 138 valence electrons. The zero-order chi connectivity index (χ0) is 17.1. The minimum Gasteiger partial charge on any atom is -0.319 e. The first-order chi connectivity index (χ1) is 12.3. The second-order valence-electron chi connectivity index (χ2n) is 5.89. The van der Waals surface area contributed by atoms with Gasteiger partial charge in [-0.05, 0) is 17.2 Å². The van der Waals surface area contributed by atoms with Crippen LogP contribution in [-0.4, -0.2) is 9.55 Å². The maximum atomic E-state index is 6.69. The standard InChI is InChI=1S/C22H17ClN2.2CH4/c23-21-14-8-7-13-20(21)22(25-16-15-24-17-25,18-9-3-1-4-10-18)19-11-5-2-6-12-19;;/h1-17H;2*1H4. The van der Waals surface area contributed by atoms with Crippen LogP contribution in [0.25, 0.3) is 0 Å². The summed E-state index contributed by atoms with van der Waals surface area (Å²) in [4.78, 5) is 4.31. The van der Waals surface area contributed by atoms with Crippen molar-refractivity contribution < 1.29 is 0 Å². The van der Waals surface area contributed by atoms with E-state index in [0.29, 0.717) is 0 Å². The smallest absolute Gasteiger partial charge is 0.123 e. The van der Waals surface area contributed by atoms with Crippen molar-refractivity contribution in [3.05, 3.63) is 125 Å². The van der Waals surface area contributed by atoms with Gasteiger partial charge in [0.15, 0.2) is 0 Å². The van der Waals surface area contributed by atoms with Gasteiger partial charge < -0.3 is 4.57 Å². The van der Waals surface area contributed by atoms with Crippen LogP contribution < -0.4 is 0 Å². The van der Waals surface area contributed by atoms with Crippen molar-refractivity contribution in [3.63, 3.8) is 0 Å². The molecule has 0 saturated heterocycles. The lowest BCUT2D eigenvalue weighted by Crippen LogP contribution is -2.37. The molecule has 0 aliphatic heterocycles. The molecule has 0 saturated carbocycles. The van der Waals surface area contributed by atoms with Crippen LogP contribution in [0.4, 0.5) is 0 Å². The Hall–Kier alpha value is -2.84. The zero-order valence-corrected chi connectivity index (χ0v) is 14.3. The first-order valence-electron chi connectivity index (χ1n) is 8.18. The summed E-state index contributed by atoms with van der Waals surface area (Å²) in [7, 11) is 0. The van der Waals surface area contributed by atoms with Gasteiger partial charge in [0.05, 0.1) is 6.33 Å². The molecule has 0 N–H and O–H groups in total. The van der Waals surface area contributed by atoms with Gasteiger partial charge in [0, 0.05) is 23.0 Å². The Balaban J connectivity index is 0.00000131. The molecule has 2 nitrogen and oxygen atoms in total. The fourth-order valence-corrected chi connectivity index (χ4v) is 3.76. The maximum absolute atomic E-state index is 6.69. The van der Waals surface area contributed by atoms with E-state index in [1.807, 2.05) is 42.9 Å². The average Bonchev–Trinajstić information content (AvgIpc) is 3.21. The number of hydrogen-bond acceptors (Lipinski definition) is 1. The summed E-state index contributed by atoms with van der Waals surface area (Å²) in [5, 5.41) is 0.726. The second kappa shape index (κ2) is 8.70. The van der Waals surface area contributed by atoms with Gasteiger partial charge in [-0.25, -0.2) is 4.98 Å². The van der Waals surface area contributed by atoms with Gasteiger partial charge in [-0.15, -0.1) is 0 Å². The minimum atomic E-state index is -0.586. The van der Waals surface area contributed by atoms with Crippen LogP contribution in [0.5, 0.6) is 0 Å². The molecule has 0 aliphatic rings. The lowest BCUT2D eigenvalue weighted by atomic mass is 9.76. The summed E-state index contributed by atoms with van der Waals surface area (Å²) in [5.41, 5.74) is 2.70. The van der Waals surface area contributed by atoms with E-state index in [-0.39, 0.29) is 14.9 Å².